The van der Waals surface area contributed by atoms with Gasteiger partial charge in [0, 0.05) is 30.2 Å². The number of nitrogens with two attached hydrogens (primary N) is 1. The molecular formula is C13H17N3O2. The molecule has 2 aromatic rings. The van der Waals surface area contributed by atoms with Crippen molar-refractivity contribution in [3.63, 3.8) is 0 Å². The number of fused-ring (bicyclic) bond motifs is 1. The number of hydrogen-bond donors (Lipinski definition) is 4. The Labute approximate surface area is 105 Å². The maximum atomic E-state index is 11.3. The number of hydrogen-bond acceptors (Lipinski definition) is 3. The van der Waals surface area contributed by atoms with Crippen LogP contribution in [0.5, 0.6) is 0 Å². The van der Waals surface area contributed by atoms with Crippen molar-refractivity contribution in [3.05, 3.63) is 36.0 Å². The molecule has 1 atom stereocenters. The van der Waals surface area contributed by atoms with Crippen LogP contribution in [-0.2, 0) is 11.2 Å². The highest BCUT2D eigenvalue weighted by molar-refractivity contribution is 5.83. The molecule has 1 amide bonds. The summed E-state index contributed by atoms with van der Waals surface area (Å²) in [5, 5.41) is 13.0. The summed E-state index contributed by atoms with van der Waals surface area (Å²) in [5.41, 5.74) is 7.43. The minimum atomic E-state index is -1.12. The molecule has 1 heterocycles. The molecule has 18 heavy (non-hydrogen) atoms. The van der Waals surface area contributed by atoms with Crippen LogP contribution in [0, 0.1) is 0 Å². The third-order valence-corrected chi connectivity index (χ3v) is 2.89. The molecule has 0 saturated carbocycles. The van der Waals surface area contributed by atoms with Gasteiger partial charge in [-0.3, -0.25) is 4.79 Å². The lowest BCUT2D eigenvalue weighted by Crippen LogP contribution is -2.39. The minimum Gasteiger partial charge on any atom is -0.382 e. The topological polar surface area (TPSA) is 91.1 Å². The molecule has 1 aromatic heterocycles. The summed E-state index contributed by atoms with van der Waals surface area (Å²) in [5.74, 6) is -0.419. The number of para-hydroxylation sites is 1. The molecule has 1 unspecified atom stereocenters. The van der Waals surface area contributed by atoms with Crippen molar-refractivity contribution in [1.29, 1.82) is 0 Å². The highest BCUT2D eigenvalue weighted by Gasteiger charge is 2.11. The number of nitrogens with one attached hydrogen (secondary N) is 2. The van der Waals surface area contributed by atoms with E-state index in [4.69, 9.17) is 5.73 Å². The van der Waals surface area contributed by atoms with Gasteiger partial charge in [-0.15, -0.1) is 0 Å². The predicted molar refractivity (Wildman–Crippen MR) is 70.1 cm³/mol. The minimum absolute atomic E-state index is 0.0566. The molecule has 2 rings (SSSR count). The van der Waals surface area contributed by atoms with Gasteiger partial charge in [0.25, 0.3) is 0 Å². The van der Waals surface area contributed by atoms with Gasteiger partial charge in [0.05, 0.1) is 0 Å². The van der Waals surface area contributed by atoms with E-state index in [1.807, 2.05) is 30.5 Å². The van der Waals surface area contributed by atoms with Gasteiger partial charge in [0.15, 0.2) is 0 Å². The van der Waals surface area contributed by atoms with Gasteiger partial charge < -0.3 is 21.1 Å². The largest absolute Gasteiger partial charge is 0.382 e. The molecule has 0 aliphatic rings. The quantitative estimate of drug-likeness (QED) is 0.606. The normalized spacial score (nSPS) is 12.6. The average molecular weight is 247 g/mol. The van der Waals surface area contributed by atoms with Crippen molar-refractivity contribution in [2.45, 2.75) is 12.5 Å². The summed E-state index contributed by atoms with van der Waals surface area (Å²) in [4.78, 5) is 14.5. The fourth-order valence-electron chi connectivity index (χ4n) is 1.88. The summed E-state index contributed by atoms with van der Waals surface area (Å²) < 4.78 is 0. The van der Waals surface area contributed by atoms with E-state index < -0.39 is 12.0 Å². The van der Waals surface area contributed by atoms with Crippen LogP contribution >= 0.6 is 0 Å². The number of aliphatic hydroxyl groups is 1. The predicted octanol–water partition coefficient (Wildman–Crippen LogP) is 0.146. The molecule has 0 fully saturated rings. The zero-order valence-corrected chi connectivity index (χ0v) is 10.0. The Morgan fingerprint density at radius 1 is 1.44 bits per heavy atom. The Morgan fingerprint density at radius 2 is 2.22 bits per heavy atom. The maximum Gasteiger partial charge on any atom is 0.250 e. The van der Waals surface area contributed by atoms with Crippen LogP contribution < -0.4 is 11.1 Å². The van der Waals surface area contributed by atoms with Gasteiger partial charge in [0.1, 0.15) is 6.10 Å². The fourth-order valence-corrected chi connectivity index (χ4v) is 1.88. The van der Waals surface area contributed by atoms with E-state index in [1.54, 1.807) is 0 Å². The number of rotatable bonds is 5. The molecule has 0 spiro atoms. The van der Waals surface area contributed by atoms with E-state index in [0.29, 0.717) is 13.0 Å². The molecule has 0 aliphatic carbocycles. The number of amides is 1. The number of benzene rings is 1. The van der Waals surface area contributed by atoms with Crippen LogP contribution in [0.3, 0.4) is 0 Å². The first-order valence-corrected chi connectivity index (χ1v) is 5.93. The third kappa shape index (κ3) is 2.69. The van der Waals surface area contributed by atoms with Crippen molar-refractivity contribution in [1.82, 2.24) is 10.3 Å². The van der Waals surface area contributed by atoms with Gasteiger partial charge in [-0.1, -0.05) is 18.2 Å². The molecule has 0 saturated heterocycles. The van der Waals surface area contributed by atoms with Crippen molar-refractivity contribution < 1.29 is 9.90 Å². The lowest BCUT2D eigenvalue weighted by molar-refractivity contribution is -0.128. The number of carbonyl (C=O) groups excluding carboxylic acids is 1. The van der Waals surface area contributed by atoms with Crippen LogP contribution in [0.4, 0.5) is 0 Å². The van der Waals surface area contributed by atoms with Crippen molar-refractivity contribution in [2.24, 2.45) is 5.73 Å². The van der Waals surface area contributed by atoms with Gasteiger partial charge in [0.2, 0.25) is 5.91 Å². The first-order valence-electron chi connectivity index (χ1n) is 5.93. The number of aromatic nitrogens is 1. The van der Waals surface area contributed by atoms with E-state index in [9.17, 15) is 9.90 Å². The summed E-state index contributed by atoms with van der Waals surface area (Å²) in [6.07, 6.45) is 1.54. The summed E-state index contributed by atoms with van der Waals surface area (Å²) in [7, 11) is 0. The van der Waals surface area contributed by atoms with E-state index in [-0.39, 0.29) is 6.54 Å². The SMILES string of the molecule is NCC(O)C(=O)NCCc1c[nH]c2ccccc12. The average Bonchev–Trinajstić information content (AvgIpc) is 2.81. The molecule has 96 valence electrons. The maximum absolute atomic E-state index is 11.3. The number of carbonyl (C=O) groups is 1. The molecule has 0 bridgehead atoms. The Kier molecular flexibility index (Phi) is 3.96. The molecular weight excluding hydrogens is 230 g/mol. The summed E-state index contributed by atoms with van der Waals surface area (Å²) in [6.45, 7) is 0.427. The Hall–Kier alpha value is -1.85. The highest BCUT2D eigenvalue weighted by atomic mass is 16.3. The van der Waals surface area contributed by atoms with E-state index in [1.165, 1.54) is 0 Å². The second kappa shape index (κ2) is 5.66. The van der Waals surface area contributed by atoms with E-state index in [2.05, 4.69) is 10.3 Å². The molecule has 5 nitrogen and oxygen atoms in total. The Bertz CT molecular complexity index is 536. The summed E-state index contributed by atoms with van der Waals surface area (Å²) in [6, 6.07) is 8.01. The van der Waals surface area contributed by atoms with E-state index >= 15 is 0 Å². The van der Waals surface area contributed by atoms with Gasteiger partial charge >= 0.3 is 0 Å². The molecule has 1 aromatic carbocycles. The van der Waals surface area contributed by atoms with Gasteiger partial charge in [-0.2, -0.15) is 0 Å². The second-order valence-corrected chi connectivity index (χ2v) is 4.15. The highest BCUT2D eigenvalue weighted by Crippen LogP contribution is 2.17. The molecule has 0 radical (unpaired) electrons. The van der Waals surface area contributed by atoms with Crippen LogP contribution in [0.1, 0.15) is 5.56 Å². The zero-order chi connectivity index (χ0) is 13.0. The van der Waals surface area contributed by atoms with Crippen molar-refractivity contribution >= 4 is 16.8 Å². The monoisotopic (exact) mass is 247 g/mol. The molecule has 5 heteroatoms. The standard InChI is InChI=1S/C13H17N3O2/c14-7-12(17)13(18)15-6-5-9-8-16-11-4-2-1-3-10(9)11/h1-4,8,12,16-17H,5-7,14H2,(H,15,18). The smallest absolute Gasteiger partial charge is 0.250 e. The van der Waals surface area contributed by atoms with Gasteiger partial charge in [-0.05, 0) is 18.1 Å². The molecule has 5 N–H and O–H groups in total. The van der Waals surface area contributed by atoms with Crippen molar-refractivity contribution in [2.75, 3.05) is 13.1 Å². The third-order valence-electron chi connectivity index (χ3n) is 2.89. The summed E-state index contributed by atoms with van der Waals surface area (Å²) >= 11 is 0. The fraction of sp³-hybridized carbons (Fsp3) is 0.308. The van der Waals surface area contributed by atoms with Crippen LogP contribution in [0.2, 0.25) is 0 Å². The lowest BCUT2D eigenvalue weighted by atomic mass is 10.1. The molecule has 0 aliphatic heterocycles. The second-order valence-electron chi connectivity index (χ2n) is 4.15. The van der Waals surface area contributed by atoms with E-state index in [0.717, 1.165) is 16.5 Å². The number of aromatic amines is 1. The Morgan fingerprint density at radius 3 is 3.00 bits per heavy atom. The number of H-pyrrole nitrogens is 1. The number of aliphatic hydroxyl groups excluding tert-OH is 1. The Balaban J connectivity index is 1.93. The first kappa shape index (κ1) is 12.6. The van der Waals surface area contributed by atoms with Crippen LogP contribution in [-0.4, -0.2) is 35.2 Å². The van der Waals surface area contributed by atoms with Crippen LogP contribution in [0.25, 0.3) is 10.9 Å². The first-order chi connectivity index (χ1) is 8.72. The zero-order valence-electron chi connectivity index (χ0n) is 10.0. The van der Waals surface area contributed by atoms with Crippen LogP contribution in [0.15, 0.2) is 30.5 Å². The van der Waals surface area contributed by atoms with Crippen molar-refractivity contribution in [3.8, 4) is 0 Å². The lowest BCUT2D eigenvalue weighted by Gasteiger charge is -2.08. The van der Waals surface area contributed by atoms with Gasteiger partial charge in [-0.25, -0.2) is 0 Å².